The van der Waals surface area contributed by atoms with Crippen LogP contribution in [-0.4, -0.2) is 74.2 Å². The molecule has 12 nitrogen and oxygen atoms in total. The molecule has 2 heterocycles. The molecule has 0 saturated heterocycles. The molecule has 1 aromatic rings. The normalized spacial score (nSPS) is 20.4. The Hall–Kier alpha value is -3.80. The lowest BCUT2D eigenvalue weighted by Crippen LogP contribution is -2.66. The monoisotopic (exact) mass is 478 g/mol. The SMILES string of the molecule is CCOC(=O)N1[C@H]2C=C[C@](OC)(C(=O)c3c2cc(OC)c(OC)c3OC(C)=O)N1C(=O)OCC. The largest absolute Gasteiger partial charge is 0.493 e. The van der Waals surface area contributed by atoms with Gasteiger partial charge in [-0.2, -0.15) is 10.0 Å². The molecule has 2 bridgehead atoms. The van der Waals surface area contributed by atoms with E-state index in [9.17, 15) is 19.2 Å². The average Bonchev–Trinajstić information content (AvgIpc) is 2.98. The van der Waals surface area contributed by atoms with E-state index in [-0.39, 0.29) is 41.6 Å². The van der Waals surface area contributed by atoms with E-state index < -0.39 is 35.7 Å². The summed E-state index contributed by atoms with van der Waals surface area (Å²) in [5.41, 5.74) is -2.10. The summed E-state index contributed by atoms with van der Waals surface area (Å²) in [5, 5.41) is 1.69. The fourth-order valence-corrected chi connectivity index (χ4v) is 3.97. The highest BCUT2D eigenvalue weighted by molar-refractivity contribution is 6.11. The van der Waals surface area contributed by atoms with Crippen LogP contribution in [0.2, 0.25) is 0 Å². The van der Waals surface area contributed by atoms with E-state index in [2.05, 4.69) is 0 Å². The minimum Gasteiger partial charge on any atom is -0.493 e. The minimum atomic E-state index is -2.16. The Morgan fingerprint density at radius 3 is 2.18 bits per heavy atom. The van der Waals surface area contributed by atoms with E-state index in [1.165, 1.54) is 39.5 Å². The second-order valence-electron chi connectivity index (χ2n) is 7.09. The molecule has 0 fully saturated rings. The van der Waals surface area contributed by atoms with E-state index in [1.54, 1.807) is 13.8 Å². The molecule has 2 amide bonds. The number of ether oxygens (including phenoxy) is 6. The Balaban J connectivity index is 2.43. The maximum absolute atomic E-state index is 14.1. The molecule has 2 aliphatic heterocycles. The number of hydrogen-bond acceptors (Lipinski definition) is 10. The first kappa shape index (κ1) is 24.8. The van der Waals surface area contributed by atoms with Gasteiger partial charge in [-0.3, -0.25) is 9.59 Å². The van der Waals surface area contributed by atoms with Crippen molar-refractivity contribution in [1.82, 2.24) is 10.0 Å². The molecule has 0 unspecified atom stereocenters. The summed E-state index contributed by atoms with van der Waals surface area (Å²) in [6.07, 6.45) is 0.878. The van der Waals surface area contributed by atoms with E-state index >= 15 is 0 Å². The summed E-state index contributed by atoms with van der Waals surface area (Å²) in [6, 6.07) is 0.406. The second-order valence-corrected chi connectivity index (χ2v) is 7.09. The first-order valence-electron chi connectivity index (χ1n) is 10.4. The smallest absolute Gasteiger partial charge is 0.432 e. The highest BCUT2D eigenvalue weighted by Crippen LogP contribution is 2.51. The van der Waals surface area contributed by atoms with Crippen molar-refractivity contribution in [2.45, 2.75) is 32.5 Å². The summed E-state index contributed by atoms with van der Waals surface area (Å²) in [6.45, 7) is 4.27. The van der Waals surface area contributed by atoms with Gasteiger partial charge < -0.3 is 28.4 Å². The van der Waals surface area contributed by atoms with Crippen LogP contribution in [-0.2, 0) is 19.0 Å². The lowest BCUT2D eigenvalue weighted by molar-refractivity contribution is -0.158. The van der Waals surface area contributed by atoms with E-state index in [0.29, 0.717) is 0 Å². The van der Waals surface area contributed by atoms with E-state index in [0.717, 1.165) is 16.9 Å². The van der Waals surface area contributed by atoms with Gasteiger partial charge in [0, 0.05) is 14.0 Å². The van der Waals surface area contributed by atoms with Crippen molar-refractivity contribution < 1.29 is 47.6 Å². The fourth-order valence-electron chi connectivity index (χ4n) is 3.97. The predicted molar refractivity (Wildman–Crippen MR) is 115 cm³/mol. The van der Waals surface area contributed by atoms with Crippen LogP contribution < -0.4 is 14.2 Å². The number of carbonyl (C=O) groups is 4. The number of ketones is 1. The minimum absolute atomic E-state index is 0.00610. The lowest BCUT2D eigenvalue weighted by Gasteiger charge is -2.46. The van der Waals surface area contributed by atoms with Gasteiger partial charge in [0.1, 0.15) is 6.04 Å². The van der Waals surface area contributed by atoms with Crippen molar-refractivity contribution in [3.8, 4) is 17.2 Å². The number of carbonyl (C=O) groups excluding carboxylic acids is 4. The summed E-state index contributed by atoms with van der Waals surface area (Å²) in [4.78, 5) is 52.2. The third-order valence-electron chi connectivity index (χ3n) is 5.28. The molecule has 3 aliphatic rings. The Kier molecular flexibility index (Phi) is 7.01. The Morgan fingerprint density at radius 2 is 1.65 bits per heavy atom. The zero-order chi connectivity index (χ0) is 25.2. The summed E-state index contributed by atoms with van der Waals surface area (Å²) >= 11 is 0. The zero-order valence-electron chi connectivity index (χ0n) is 19.7. The molecule has 4 rings (SSSR count). The number of amides is 2. The van der Waals surface area contributed by atoms with Gasteiger partial charge in [-0.05, 0) is 31.6 Å². The van der Waals surface area contributed by atoms with Crippen molar-refractivity contribution in [3.05, 3.63) is 29.3 Å². The van der Waals surface area contributed by atoms with Gasteiger partial charge >= 0.3 is 18.2 Å². The van der Waals surface area contributed by atoms with Crippen LogP contribution in [0.4, 0.5) is 9.59 Å². The molecule has 12 heteroatoms. The maximum atomic E-state index is 14.1. The lowest BCUT2D eigenvalue weighted by atomic mass is 9.95. The van der Waals surface area contributed by atoms with Crippen LogP contribution in [0.5, 0.6) is 17.2 Å². The topological polar surface area (TPSA) is 130 Å². The van der Waals surface area contributed by atoms with Crippen LogP contribution in [0, 0.1) is 0 Å². The van der Waals surface area contributed by atoms with Crippen molar-refractivity contribution in [1.29, 1.82) is 0 Å². The maximum Gasteiger partial charge on any atom is 0.432 e. The number of fused-ring (bicyclic) bond motifs is 1. The molecule has 0 saturated carbocycles. The van der Waals surface area contributed by atoms with Crippen LogP contribution in [0.3, 0.4) is 0 Å². The van der Waals surface area contributed by atoms with E-state index in [1.807, 2.05) is 0 Å². The molecule has 184 valence electrons. The van der Waals surface area contributed by atoms with Gasteiger partial charge in [-0.1, -0.05) is 6.08 Å². The standard InChI is InChI=1S/C22H26N2O10/c1-7-32-20(27)23-14-9-10-22(31-6,24(23)21(28)33-8-2)19(26)16-13(14)11-15(29-4)17(30-5)18(16)34-12(3)25/h9-11,14H,7-8H2,1-6H3/t14-,22-/m0/s1. The Bertz CT molecular complexity index is 1050. The van der Waals surface area contributed by atoms with Gasteiger partial charge in [0.2, 0.25) is 17.3 Å². The zero-order valence-corrected chi connectivity index (χ0v) is 19.7. The molecular formula is C22H26N2O10. The van der Waals surface area contributed by atoms with Crippen LogP contribution >= 0.6 is 0 Å². The van der Waals surface area contributed by atoms with Crippen molar-refractivity contribution in [3.63, 3.8) is 0 Å². The molecular weight excluding hydrogens is 452 g/mol. The van der Waals surface area contributed by atoms with Gasteiger partial charge in [0.25, 0.3) is 0 Å². The Labute approximate surface area is 195 Å². The van der Waals surface area contributed by atoms with Crippen LogP contribution in [0.15, 0.2) is 18.2 Å². The highest BCUT2D eigenvalue weighted by Gasteiger charge is 2.60. The van der Waals surface area contributed by atoms with Crippen molar-refractivity contribution >= 4 is 23.9 Å². The quantitative estimate of drug-likeness (QED) is 0.342. The van der Waals surface area contributed by atoms with Crippen LogP contribution in [0.1, 0.15) is 42.7 Å². The average molecular weight is 478 g/mol. The molecule has 2 atom stereocenters. The third-order valence-corrected chi connectivity index (χ3v) is 5.28. The number of Topliss-reactive ketones (excluding diaryl/α,β-unsaturated/α-hetero) is 1. The molecule has 34 heavy (non-hydrogen) atoms. The number of nitrogens with zero attached hydrogens (tertiary/aromatic N) is 2. The first-order valence-corrected chi connectivity index (χ1v) is 10.4. The van der Waals surface area contributed by atoms with Gasteiger partial charge in [0.05, 0.1) is 33.0 Å². The summed E-state index contributed by atoms with van der Waals surface area (Å²) in [5.74, 6) is -1.67. The van der Waals surface area contributed by atoms with E-state index in [4.69, 9.17) is 28.4 Å². The number of hydrogen-bond donors (Lipinski definition) is 0. The number of methoxy groups -OCH3 is 3. The summed E-state index contributed by atoms with van der Waals surface area (Å²) in [7, 11) is 3.86. The predicted octanol–water partition coefficient (Wildman–Crippen LogP) is 2.61. The van der Waals surface area contributed by atoms with Gasteiger partial charge in [0.15, 0.2) is 11.5 Å². The number of benzene rings is 1. The number of esters is 1. The van der Waals surface area contributed by atoms with Gasteiger partial charge in [-0.25, -0.2) is 9.59 Å². The number of rotatable bonds is 6. The molecule has 0 radical (unpaired) electrons. The number of hydrazine groups is 1. The molecule has 0 N–H and O–H groups in total. The highest BCUT2D eigenvalue weighted by atomic mass is 16.6. The fraction of sp³-hybridized carbons (Fsp3) is 0.455. The van der Waals surface area contributed by atoms with Crippen molar-refractivity contribution in [2.75, 3.05) is 34.5 Å². The third kappa shape index (κ3) is 3.69. The second kappa shape index (κ2) is 9.59. The summed E-state index contributed by atoms with van der Waals surface area (Å²) < 4.78 is 32.1. The van der Waals surface area contributed by atoms with Crippen molar-refractivity contribution in [2.24, 2.45) is 0 Å². The molecule has 0 spiro atoms. The first-order chi connectivity index (χ1) is 16.2. The Morgan fingerprint density at radius 1 is 1.00 bits per heavy atom. The van der Waals surface area contributed by atoms with Crippen LogP contribution in [0.25, 0.3) is 0 Å². The van der Waals surface area contributed by atoms with Gasteiger partial charge in [-0.15, -0.1) is 0 Å². The molecule has 0 aromatic heterocycles. The molecule has 1 aliphatic carbocycles. The molecule has 1 aromatic carbocycles.